The van der Waals surface area contributed by atoms with Crippen LogP contribution in [0.2, 0.25) is 5.02 Å². The van der Waals surface area contributed by atoms with E-state index in [9.17, 15) is 13.6 Å². The highest BCUT2D eigenvalue weighted by atomic mass is 35.5. The van der Waals surface area contributed by atoms with Crippen molar-refractivity contribution < 1.29 is 18.7 Å². The highest BCUT2D eigenvalue weighted by molar-refractivity contribution is 6.30. The highest BCUT2D eigenvalue weighted by Crippen LogP contribution is 2.20. The van der Waals surface area contributed by atoms with E-state index in [-0.39, 0.29) is 23.4 Å². The van der Waals surface area contributed by atoms with Crippen molar-refractivity contribution >= 4 is 23.6 Å². The second-order valence-corrected chi connectivity index (χ2v) is 3.53. The highest BCUT2D eigenvalue weighted by Gasteiger charge is 2.05. The first kappa shape index (κ1) is 12.6. The van der Waals surface area contributed by atoms with Crippen molar-refractivity contribution in [3.05, 3.63) is 40.4 Å². The first-order chi connectivity index (χ1) is 7.50. The van der Waals surface area contributed by atoms with Crippen LogP contribution in [0.5, 0.6) is 0 Å². The summed E-state index contributed by atoms with van der Waals surface area (Å²) in [6.45, 7) is 0. The van der Waals surface area contributed by atoms with E-state index in [1.807, 2.05) is 0 Å². The van der Waals surface area contributed by atoms with Gasteiger partial charge in [-0.2, -0.15) is 0 Å². The fourth-order valence-corrected chi connectivity index (χ4v) is 1.23. The number of carboxylic acid groups (broad SMARTS) is 1. The van der Waals surface area contributed by atoms with Crippen molar-refractivity contribution in [2.45, 2.75) is 12.8 Å². The van der Waals surface area contributed by atoms with Crippen LogP contribution in [0.4, 0.5) is 8.78 Å². The molecule has 0 heterocycles. The summed E-state index contributed by atoms with van der Waals surface area (Å²) in [7, 11) is 0. The molecule has 0 saturated heterocycles. The molecule has 0 aromatic heterocycles. The maximum Gasteiger partial charge on any atom is 0.303 e. The van der Waals surface area contributed by atoms with E-state index in [1.54, 1.807) is 0 Å². The zero-order valence-corrected chi connectivity index (χ0v) is 8.97. The average Bonchev–Trinajstić information content (AvgIpc) is 2.19. The molecule has 0 unspecified atom stereocenters. The Morgan fingerprint density at radius 1 is 1.38 bits per heavy atom. The van der Waals surface area contributed by atoms with E-state index in [1.165, 1.54) is 12.2 Å². The summed E-state index contributed by atoms with van der Waals surface area (Å²) < 4.78 is 26.2. The number of benzene rings is 1. The Morgan fingerprint density at radius 3 is 2.69 bits per heavy atom. The van der Waals surface area contributed by atoms with Gasteiger partial charge in [-0.05, 0) is 18.6 Å². The van der Waals surface area contributed by atoms with E-state index in [0.717, 1.165) is 12.1 Å². The first-order valence-corrected chi connectivity index (χ1v) is 4.91. The number of rotatable bonds is 4. The SMILES string of the molecule is O=C(O)CCC=Cc1cc(F)c(Cl)cc1F. The van der Waals surface area contributed by atoms with Gasteiger partial charge in [0.15, 0.2) is 0 Å². The van der Waals surface area contributed by atoms with Gasteiger partial charge in [-0.15, -0.1) is 0 Å². The van der Waals surface area contributed by atoms with Crippen LogP contribution < -0.4 is 0 Å². The Morgan fingerprint density at radius 2 is 2.06 bits per heavy atom. The number of aliphatic carboxylic acids is 1. The first-order valence-electron chi connectivity index (χ1n) is 4.53. The molecule has 2 nitrogen and oxygen atoms in total. The predicted octanol–water partition coefficient (Wildman–Crippen LogP) is 3.50. The van der Waals surface area contributed by atoms with Gasteiger partial charge in [0, 0.05) is 12.0 Å². The van der Waals surface area contributed by atoms with Crippen LogP contribution >= 0.6 is 11.6 Å². The van der Waals surface area contributed by atoms with Crippen LogP contribution in [-0.4, -0.2) is 11.1 Å². The van der Waals surface area contributed by atoms with Crippen molar-refractivity contribution in [2.24, 2.45) is 0 Å². The molecule has 0 saturated carbocycles. The standard InChI is InChI=1S/C11H9ClF2O2/c12-8-6-9(13)7(5-10(8)14)3-1-2-4-11(15)16/h1,3,5-6H,2,4H2,(H,15,16). The minimum atomic E-state index is -0.938. The van der Waals surface area contributed by atoms with Crippen molar-refractivity contribution in [3.63, 3.8) is 0 Å². The third kappa shape index (κ3) is 3.62. The Hall–Kier alpha value is -1.42. The summed E-state index contributed by atoms with van der Waals surface area (Å²) in [5.41, 5.74) is 0.0484. The Balaban J connectivity index is 2.73. The van der Waals surface area contributed by atoms with Gasteiger partial charge in [0.1, 0.15) is 11.6 Å². The van der Waals surface area contributed by atoms with E-state index >= 15 is 0 Å². The third-order valence-corrected chi connectivity index (χ3v) is 2.15. The molecule has 1 rings (SSSR count). The molecule has 0 spiro atoms. The van der Waals surface area contributed by atoms with Gasteiger partial charge in [-0.3, -0.25) is 4.79 Å². The summed E-state index contributed by atoms with van der Waals surface area (Å²) >= 11 is 5.37. The molecule has 5 heteroatoms. The Kier molecular flexibility index (Phi) is 4.43. The number of carboxylic acids is 1. The quantitative estimate of drug-likeness (QED) is 0.826. The normalized spacial score (nSPS) is 10.9. The smallest absolute Gasteiger partial charge is 0.303 e. The number of hydrogen-bond donors (Lipinski definition) is 1. The van der Waals surface area contributed by atoms with E-state index in [0.29, 0.717) is 0 Å². The summed E-state index contributed by atoms with van der Waals surface area (Å²) in [5.74, 6) is -2.29. The van der Waals surface area contributed by atoms with Crippen LogP contribution in [0.15, 0.2) is 18.2 Å². The molecule has 0 amide bonds. The van der Waals surface area contributed by atoms with Crippen molar-refractivity contribution in [2.75, 3.05) is 0 Å². The average molecular weight is 247 g/mol. The molecule has 0 bridgehead atoms. The zero-order valence-electron chi connectivity index (χ0n) is 8.21. The minimum Gasteiger partial charge on any atom is -0.481 e. The van der Waals surface area contributed by atoms with Gasteiger partial charge >= 0.3 is 5.97 Å². The lowest BCUT2D eigenvalue weighted by atomic mass is 10.1. The van der Waals surface area contributed by atoms with Gasteiger partial charge in [0.25, 0.3) is 0 Å². The molecule has 16 heavy (non-hydrogen) atoms. The number of allylic oxidation sites excluding steroid dienone is 1. The topological polar surface area (TPSA) is 37.3 Å². The minimum absolute atomic E-state index is 0.0474. The lowest BCUT2D eigenvalue weighted by Crippen LogP contribution is -1.91. The second-order valence-electron chi connectivity index (χ2n) is 3.12. The summed E-state index contributed by atoms with van der Waals surface area (Å²) in [6, 6.07) is 1.85. The van der Waals surface area contributed by atoms with Crippen molar-refractivity contribution in [3.8, 4) is 0 Å². The molecule has 0 atom stereocenters. The van der Waals surface area contributed by atoms with Crippen molar-refractivity contribution in [1.29, 1.82) is 0 Å². The monoisotopic (exact) mass is 246 g/mol. The van der Waals surface area contributed by atoms with Crippen LogP contribution in [-0.2, 0) is 4.79 Å². The fraction of sp³-hybridized carbons (Fsp3) is 0.182. The molecule has 1 aromatic rings. The molecule has 1 N–H and O–H groups in total. The van der Waals surface area contributed by atoms with Crippen molar-refractivity contribution in [1.82, 2.24) is 0 Å². The molecule has 0 aliphatic rings. The van der Waals surface area contributed by atoms with E-state index < -0.39 is 17.6 Å². The largest absolute Gasteiger partial charge is 0.481 e. The van der Waals surface area contributed by atoms with Crippen LogP contribution in [0.1, 0.15) is 18.4 Å². The summed E-state index contributed by atoms with van der Waals surface area (Å²) in [4.78, 5) is 10.2. The zero-order chi connectivity index (χ0) is 12.1. The lowest BCUT2D eigenvalue weighted by Gasteiger charge is -1.99. The van der Waals surface area contributed by atoms with E-state index in [2.05, 4.69) is 0 Å². The molecule has 1 aromatic carbocycles. The predicted molar refractivity (Wildman–Crippen MR) is 57.3 cm³/mol. The molecule has 0 aliphatic carbocycles. The maximum absolute atomic E-state index is 13.2. The maximum atomic E-state index is 13.2. The fourth-order valence-electron chi connectivity index (χ4n) is 1.08. The Bertz CT molecular complexity index is 430. The van der Waals surface area contributed by atoms with Gasteiger partial charge in [-0.1, -0.05) is 23.8 Å². The van der Waals surface area contributed by atoms with Gasteiger partial charge in [-0.25, -0.2) is 8.78 Å². The van der Waals surface area contributed by atoms with Crippen LogP contribution in [0.25, 0.3) is 6.08 Å². The number of carbonyl (C=O) groups is 1. The van der Waals surface area contributed by atoms with Gasteiger partial charge in [0.2, 0.25) is 0 Å². The molecule has 0 radical (unpaired) electrons. The number of hydrogen-bond acceptors (Lipinski definition) is 1. The molecule has 0 aliphatic heterocycles. The van der Waals surface area contributed by atoms with E-state index in [4.69, 9.17) is 16.7 Å². The van der Waals surface area contributed by atoms with Crippen LogP contribution in [0.3, 0.4) is 0 Å². The summed E-state index contributed by atoms with van der Waals surface area (Å²) in [6.07, 6.45) is 3.02. The Labute approximate surface area is 96.2 Å². The van der Waals surface area contributed by atoms with Crippen LogP contribution in [0, 0.1) is 11.6 Å². The summed E-state index contributed by atoms with van der Waals surface area (Å²) in [5, 5.41) is 8.08. The molecular formula is C11H9ClF2O2. The third-order valence-electron chi connectivity index (χ3n) is 1.86. The molecule has 86 valence electrons. The molecule has 0 fully saturated rings. The molecular weight excluding hydrogens is 238 g/mol. The second kappa shape index (κ2) is 5.61. The van der Waals surface area contributed by atoms with Gasteiger partial charge in [0.05, 0.1) is 5.02 Å². The van der Waals surface area contributed by atoms with Gasteiger partial charge < -0.3 is 5.11 Å². The lowest BCUT2D eigenvalue weighted by molar-refractivity contribution is -0.136. The number of halogens is 3.